The number of halogens is 1. The Hall–Kier alpha value is -2.06. The van der Waals surface area contributed by atoms with Crippen LogP contribution in [0.3, 0.4) is 0 Å². The van der Waals surface area contributed by atoms with Gasteiger partial charge in [-0.3, -0.25) is 0 Å². The summed E-state index contributed by atoms with van der Waals surface area (Å²) in [6.07, 6.45) is 10.6. The van der Waals surface area contributed by atoms with Gasteiger partial charge in [-0.25, -0.2) is 0 Å². The lowest BCUT2D eigenvalue weighted by molar-refractivity contribution is 0.306. The van der Waals surface area contributed by atoms with E-state index in [-0.39, 0.29) is 5.92 Å². The van der Waals surface area contributed by atoms with E-state index in [1.165, 1.54) is 11.1 Å². The van der Waals surface area contributed by atoms with Crippen LogP contribution >= 0.6 is 15.9 Å². The van der Waals surface area contributed by atoms with E-state index in [1.54, 1.807) is 0 Å². The van der Waals surface area contributed by atoms with Crippen LogP contribution in [-0.4, -0.2) is 6.61 Å². The van der Waals surface area contributed by atoms with Gasteiger partial charge in [-0.1, -0.05) is 82.7 Å². The number of allylic oxidation sites excluding steroid dienone is 5. The zero-order chi connectivity index (χ0) is 15.2. The zero-order valence-corrected chi connectivity index (χ0v) is 13.7. The van der Waals surface area contributed by atoms with Gasteiger partial charge in [-0.05, 0) is 29.3 Å². The molecule has 0 aromatic heterocycles. The van der Waals surface area contributed by atoms with Crippen molar-refractivity contribution in [3.63, 3.8) is 0 Å². The molecule has 1 nitrogen and oxygen atoms in total. The average molecular weight is 353 g/mol. The van der Waals surface area contributed by atoms with E-state index in [9.17, 15) is 0 Å². The Labute approximate surface area is 139 Å². The van der Waals surface area contributed by atoms with Crippen molar-refractivity contribution in [1.29, 1.82) is 0 Å². The van der Waals surface area contributed by atoms with Gasteiger partial charge in [0.05, 0.1) is 6.61 Å². The second-order valence-corrected chi connectivity index (χ2v) is 6.09. The van der Waals surface area contributed by atoms with Gasteiger partial charge in [0, 0.05) is 10.4 Å². The summed E-state index contributed by atoms with van der Waals surface area (Å²) in [7, 11) is 0. The van der Waals surface area contributed by atoms with Crippen molar-refractivity contribution in [3.8, 4) is 5.75 Å². The molecule has 0 amide bonds. The minimum atomic E-state index is 0.225. The summed E-state index contributed by atoms with van der Waals surface area (Å²) < 4.78 is 7.02. The normalized spacial score (nSPS) is 14.1. The quantitative estimate of drug-likeness (QED) is 0.674. The molecule has 2 aromatic carbocycles. The zero-order valence-electron chi connectivity index (χ0n) is 12.2. The first-order valence-corrected chi connectivity index (χ1v) is 8.10. The number of ether oxygens (including phenoxy) is 1. The highest BCUT2D eigenvalue weighted by molar-refractivity contribution is 9.10. The monoisotopic (exact) mass is 352 g/mol. The fourth-order valence-corrected chi connectivity index (χ4v) is 2.79. The molecular weight excluding hydrogens is 336 g/mol. The largest absolute Gasteiger partial charge is 0.493 e. The smallest absolute Gasteiger partial charge is 0.120 e. The number of benzene rings is 2. The van der Waals surface area contributed by atoms with Crippen molar-refractivity contribution in [2.75, 3.05) is 6.61 Å². The van der Waals surface area contributed by atoms with Crippen molar-refractivity contribution in [1.82, 2.24) is 0 Å². The van der Waals surface area contributed by atoms with E-state index >= 15 is 0 Å². The first-order valence-electron chi connectivity index (χ1n) is 7.31. The summed E-state index contributed by atoms with van der Waals surface area (Å²) in [5, 5.41) is 0. The highest BCUT2D eigenvalue weighted by Gasteiger charge is 2.11. The van der Waals surface area contributed by atoms with Crippen LogP contribution in [0, 0.1) is 0 Å². The van der Waals surface area contributed by atoms with E-state index in [1.807, 2.05) is 30.3 Å². The van der Waals surface area contributed by atoms with Crippen molar-refractivity contribution in [3.05, 3.63) is 101 Å². The van der Waals surface area contributed by atoms with E-state index < -0.39 is 0 Å². The molecule has 0 N–H and O–H groups in total. The maximum absolute atomic E-state index is 5.99. The second kappa shape index (κ2) is 7.28. The molecular formula is C20H17BrO. The lowest BCUT2D eigenvalue weighted by Crippen LogP contribution is -2.08. The molecule has 0 saturated heterocycles. The maximum Gasteiger partial charge on any atom is 0.120 e. The van der Waals surface area contributed by atoms with Gasteiger partial charge in [0.15, 0.2) is 0 Å². The minimum absolute atomic E-state index is 0.225. The predicted molar refractivity (Wildman–Crippen MR) is 95.2 cm³/mol. The fourth-order valence-electron chi connectivity index (χ4n) is 2.42. The first-order chi connectivity index (χ1) is 10.8. The van der Waals surface area contributed by atoms with Crippen LogP contribution in [0.25, 0.3) is 0 Å². The molecule has 0 radical (unpaired) electrons. The third kappa shape index (κ3) is 3.99. The third-order valence-electron chi connectivity index (χ3n) is 3.54. The van der Waals surface area contributed by atoms with Crippen LogP contribution in [-0.2, 0) is 0 Å². The molecule has 1 atom stereocenters. The SMILES string of the molecule is Brc1cccc(OCC(C=C2C=CC=C2)c2ccccc2)c1. The summed E-state index contributed by atoms with van der Waals surface area (Å²) in [4.78, 5) is 0. The number of hydrogen-bond acceptors (Lipinski definition) is 1. The molecule has 0 bridgehead atoms. The van der Waals surface area contributed by atoms with Crippen molar-refractivity contribution in [2.24, 2.45) is 0 Å². The van der Waals surface area contributed by atoms with Crippen LogP contribution in [0.4, 0.5) is 0 Å². The molecule has 1 aliphatic carbocycles. The standard InChI is InChI=1S/C20H17BrO/c21-19-11-6-12-20(14-19)22-15-18(13-16-7-4-5-8-16)17-9-2-1-3-10-17/h1-14,18H,15H2. The summed E-state index contributed by atoms with van der Waals surface area (Å²) >= 11 is 3.47. The third-order valence-corrected chi connectivity index (χ3v) is 4.03. The van der Waals surface area contributed by atoms with Crippen molar-refractivity contribution >= 4 is 15.9 Å². The summed E-state index contributed by atoms with van der Waals surface area (Å²) in [5.74, 6) is 1.11. The van der Waals surface area contributed by atoms with Gasteiger partial charge in [-0.15, -0.1) is 0 Å². The Bertz CT molecular complexity index is 699. The Morgan fingerprint density at radius 1 is 0.955 bits per heavy atom. The predicted octanol–water partition coefficient (Wildman–Crippen LogP) is 5.66. The summed E-state index contributed by atoms with van der Waals surface area (Å²) in [5.41, 5.74) is 2.49. The Morgan fingerprint density at radius 2 is 1.73 bits per heavy atom. The van der Waals surface area contributed by atoms with Crippen LogP contribution in [0.15, 0.2) is 95.0 Å². The maximum atomic E-state index is 5.99. The molecule has 0 spiro atoms. The molecule has 110 valence electrons. The van der Waals surface area contributed by atoms with E-state index in [0.717, 1.165) is 10.2 Å². The molecule has 0 fully saturated rings. The lowest BCUT2D eigenvalue weighted by atomic mass is 9.97. The Morgan fingerprint density at radius 3 is 2.45 bits per heavy atom. The van der Waals surface area contributed by atoms with Crippen LogP contribution < -0.4 is 4.74 Å². The van der Waals surface area contributed by atoms with Gasteiger partial charge in [0.2, 0.25) is 0 Å². The fraction of sp³-hybridized carbons (Fsp3) is 0.100. The van der Waals surface area contributed by atoms with Gasteiger partial charge >= 0.3 is 0 Å². The van der Waals surface area contributed by atoms with Crippen LogP contribution in [0.2, 0.25) is 0 Å². The Balaban J connectivity index is 1.78. The van der Waals surface area contributed by atoms with Gasteiger partial charge < -0.3 is 4.74 Å². The van der Waals surface area contributed by atoms with Crippen molar-refractivity contribution in [2.45, 2.75) is 5.92 Å². The lowest BCUT2D eigenvalue weighted by Gasteiger charge is -2.16. The first kappa shape index (κ1) is 14.9. The van der Waals surface area contributed by atoms with Crippen LogP contribution in [0.5, 0.6) is 5.75 Å². The molecule has 0 saturated carbocycles. The highest BCUT2D eigenvalue weighted by Crippen LogP contribution is 2.24. The Kier molecular flexibility index (Phi) is 4.92. The number of hydrogen-bond donors (Lipinski definition) is 0. The van der Waals surface area contributed by atoms with Crippen molar-refractivity contribution < 1.29 is 4.74 Å². The van der Waals surface area contributed by atoms with E-state index in [4.69, 9.17) is 4.74 Å². The average Bonchev–Trinajstić information content (AvgIpc) is 3.05. The van der Waals surface area contributed by atoms with Gasteiger partial charge in [-0.2, -0.15) is 0 Å². The second-order valence-electron chi connectivity index (χ2n) is 5.17. The molecule has 2 heteroatoms. The van der Waals surface area contributed by atoms with Gasteiger partial charge in [0.25, 0.3) is 0 Å². The van der Waals surface area contributed by atoms with Crippen LogP contribution in [0.1, 0.15) is 11.5 Å². The molecule has 3 rings (SSSR count). The molecule has 1 aliphatic rings. The molecule has 22 heavy (non-hydrogen) atoms. The molecule has 1 unspecified atom stereocenters. The molecule has 0 aliphatic heterocycles. The molecule has 2 aromatic rings. The highest BCUT2D eigenvalue weighted by atomic mass is 79.9. The van der Waals surface area contributed by atoms with Gasteiger partial charge in [0.1, 0.15) is 5.75 Å². The minimum Gasteiger partial charge on any atom is -0.493 e. The topological polar surface area (TPSA) is 9.23 Å². The van der Waals surface area contributed by atoms with E-state index in [2.05, 4.69) is 70.6 Å². The van der Waals surface area contributed by atoms with E-state index in [0.29, 0.717) is 6.61 Å². The summed E-state index contributed by atoms with van der Waals surface area (Å²) in [6.45, 7) is 0.617. The molecule has 0 heterocycles. The number of rotatable bonds is 5. The summed E-state index contributed by atoms with van der Waals surface area (Å²) in [6, 6.07) is 18.4.